The Kier molecular flexibility index (Phi) is 2.92. The van der Waals surface area contributed by atoms with Gasteiger partial charge in [0.05, 0.1) is 12.2 Å². The summed E-state index contributed by atoms with van der Waals surface area (Å²) in [6.07, 6.45) is 5.78. The first-order chi connectivity index (χ1) is 5.88. The van der Waals surface area contributed by atoms with Crippen LogP contribution in [0.15, 0.2) is 24.3 Å². The van der Waals surface area contributed by atoms with Crippen LogP contribution in [-0.2, 0) is 4.79 Å². The predicted molar refractivity (Wildman–Crippen MR) is 47.5 cm³/mol. The molecule has 2 nitrogen and oxygen atoms in total. The third-order valence-electron chi connectivity index (χ3n) is 1.39. The molecule has 0 saturated carbocycles. The molecule has 0 fully saturated rings. The standard InChI is InChI=1S/C10H8NO/c1-2-8-11(9-12)10-6-4-3-5-7-10/h1,3-6,9H,8H2. The second kappa shape index (κ2) is 4.20. The first kappa shape index (κ1) is 8.35. The van der Waals surface area contributed by atoms with Gasteiger partial charge in [-0.25, -0.2) is 0 Å². The van der Waals surface area contributed by atoms with Crippen molar-refractivity contribution in [2.45, 2.75) is 0 Å². The predicted octanol–water partition coefficient (Wildman–Crippen LogP) is 1.08. The van der Waals surface area contributed by atoms with Gasteiger partial charge in [-0.15, -0.1) is 6.42 Å². The Balaban J connectivity index is 2.81. The molecular formula is C10H8NO. The van der Waals surface area contributed by atoms with E-state index in [4.69, 9.17) is 6.42 Å². The Labute approximate surface area is 71.8 Å². The molecule has 1 radical (unpaired) electrons. The lowest BCUT2D eigenvalue weighted by atomic mass is 10.3. The molecule has 0 heterocycles. The number of hydrogen-bond acceptors (Lipinski definition) is 1. The van der Waals surface area contributed by atoms with Gasteiger partial charge in [-0.3, -0.25) is 4.79 Å². The number of anilines is 1. The molecule has 0 aliphatic heterocycles. The van der Waals surface area contributed by atoms with Gasteiger partial charge in [-0.1, -0.05) is 24.1 Å². The Morgan fingerprint density at radius 2 is 2.50 bits per heavy atom. The van der Waals surface area contributed by atoms with E-state index in [0.29, 0.717) is 12.1 Å². The largest absolute Gasteiger partial charge is 0.303 e. The number of nitrogens with zero attached hydrogens (tertiary/aromatic N) is 1. The van der Waals surface area contributed by atoms with E-state index in [9.17, 15) is 4.79 Å². The number of para-hydroxylation sites is 1. The number of hydrogen-bond donors (Lipinski definition) is 0. The minimum absolute atomic E-state index is 0.282. The number of terminal acetylenes is 1. The summed E-state index contributed by atoms with van der Waals surface area (Å²) in [6, 6.07) is 10.1. The highest BCUT2D eigenvalue weighted by molar-refractivity contribution is 5.75. The van der Waals surface area contributed by atoms with Gasteiger partial charge >= 0.3 is 0 Å². The summed E-state index contributed by atoms with van der Waals surface area (Å²) in [5, 5.41) is 0. The van der Waals surface area contributed by atoms with E-state index in [2.05, 4.69) is 12.0 Å². The van der Waals surface area contributed by atoms with Crippen molar-refractivity contribution in [3.63, 3.8) is 0 Å². The lowest BCUT2D eigenvalue weighted by molar-refractivity contribution is -0.107. The normalized spacial score (nSPS) is 8.58. The van der Waals surface area contributed by atoms with Gasteiger partial charge in [-0.2, -0.15) is 0 Å². The maximum atomic E-state index is 10.5. The van der Waals surface area contributed by atoms with Gasteiger partial charge in [0, 0.05) is 6.07 Å². The highest BCUT2D eigenvalue weighted by Gasteiger charge is 2.00. The van der Waals surface area contributed by atoms with Crippen molar-refractivity contribution < 1.29 is 4.79 Å². The molecule has 12 heavy (non-hydrogen) atoms. The van der Waals surface area contributed by atoms with Crippen LogP contribution in [0, 0.1) is 18.4 Å². The summed E-state index contributed by atoms with van der Waals surface area (Å²) in [5.74, 6) is 2.39. The van der Waals surface area contributed by atoms with Crippen molar-refractivity contribution in [2.24, 2.45) is 0 Å². The number of carbonyl (C=O) groups excluding carboxylic acids is 1. The van der Waals surface area contributed by atoms with E-state index in [0.717, 1.165) is 0 Å². The number of carbonyl (C=O) groups is 1. The van der Waals surface area contributed by atoms with Gasteiger partial charge in [0.1, 0.15) is 0 Å². The fraction of sp³-hybridized carbons (Fsp3) is 0.100. The maximum Gasteiger partial charge on any atom is 0.215 e. The zero-order valence-corrected chi connectivity index (χ0v) is 6.53. The molecule has 0 aromatic heterocycles. The van der Waals surface area contributed by atoms with Crippen LogP contribution in [-0.4, -0.2) is 13.0 Å². The summed E-state index contributed by atoms with van der Waals surface area (Å²) in [7, 11) is 0. The maximum absolute atomic E-state index is 10.5. The van der Waals surface area contributed by atoms with Gasteiger partial charge < -0.3 is 4.90 Å². The lowest BCUT2D eigenvalue weighted by Crippen LogP contribution is -2.20. The summed E-state index contributed by atoms with van der Waals surface area (Å²) in [5.41, 5.74) is 0.699. The zero-order valence-electron chi connectivity index (χ0n) is 6.53. The van der Waals surface area contributed by atoms with E-state index in [1.807, 2.05) is 12.1 Å². The second-order valence-electron chi connectivity index (χ2n) is 2.19. The van der Waals surface area contributed by atoms with Crippen LogP contribution in [0.1, 0.15) is 0 Å². The molecule has 59 valence electrons. The number of amides is 1. The third-order valence-corrected chi connectivity index (χ3v) is 1.39. The van der Waals surface area contributed by atoms with Crippen LogP contribution >= 0.6 is 0 Å². The Morgan fingerprint density at radius 1 is 1.67 bits per heavy atom. The lowest BCUT2D eigenvalue weighted by Gasteiger charge is -2.12. The van der Waals surface area contributed by atoms with E-state index in [1.54, 1.807) is 12.1 Å². The minimum atomic E-state index is 0.282. The SMILES string of the molecule is C#CCN(C=O)c1[c]cccc1. The fourth-order valence-electron chi connectivity index (χ4n) is 0.840. The van der Waals surface area contributed by atoms with Crippen LogP contribution in [0.4, 0.5) is 5.69 Å². The Bertz CT molecular complexity index is 286. The van der Waals surface area contributed by atoms with Crippen LogP contribution in [0.2, 0.25) is 0 Å². The third kappa shape index (κ3) is 1.86. The smallest absolute Gasteiger partial charge is 0.215 e. The average Bonchev–Trinajstić information content (AvgIpc) is 2.15. The monoisotopic (exact) mass is 158 g/mol. The second-order valence-corrected chi connectivity index (χ2v) is 2.19. The number of rotatable bonds is 3. The van der Waals surface area contributed by atoms with Crippen LogP contribution < -0.4 is 4.90 Å². The van der Waals surface area contributed by atoms with Gasteiger partial charge in [0.15, 0.2) is 0 Å². The van der Waals surface area contributed by atoms with Gasteiger partial charge in [-0.05, 0) is 6.07 Å². The molecule has 0 unspecified atom stereocenters. The topological polar surface area (TPSA) is 20.3 Å². The van der Waals surface area contributed by atoms with E-state index < -0.39 is 0 Å². The highest BCUT2D eigenvalue weighted by atomic mass is 16.1. The minimum Gasteiger partial charge on any atom is -0.303 e. The number of benzene rings is 1. The molecule has 0 aliphatic rings. The molecule has 0 N–H and O–H groups in total. The molecule has 1 aromatic rings. The Morgan fingerprint density at radius 3 is 3.00 bits per heavy atom. The molecule has 1 amide bonds. The van der Waals surface area contributed by atoms with Crippen LogP contribution in [0.5, 0.6) is 0 Å². The van der Waals surface area contributed by atoms with Crippen LogP contribution in [0.25, 0.3) is 0 Å². The first-order valence-electron chi connectivity index (χ1n) is 3.50. The molecule has 0 atom stereocenters. The molecule has 1 aromatic carbocycles. The molecule has 1 rings (SSSR count). The fourth-order valence-corrected chi connectivity index (χ4v) is 0.840. The van der Waals surface area contributed by atoms with E-state index in [1.165, 1.54) is 4.90 Å². The molecule has 0 aliphatic carbocycles. The average molecular weight is 158 g/mol. The summed E-state index contributed by atoms with van der Waals surface area (Å²) in [6.45, 7) is 0.282. The quantitative estimate of drug-likeness (QED) is 0.476. The molecule has 0 saturated heterocycles. The zero-order chi connectivity index (χ0) is 8.81. The first-order valence-corrected chi connectivity index (χ1v) is 3.50. The highest BCUT2D eigenvalue weighted by Crippen LogP contribution is 2.08. The van der Waals surface area contributed by atoms with E-state index in [-0.39, 0.29) is 6.54 Å². The summed E-state index contributed by atoms with van der Waals surface area (Å²) >= 11 is 0. The summed E-state index contributed by atoms with van der Waals surface area (Å²) in [4.78, 5) is 11.9. The molecule has 0 bridgehead atoms. The summed E-state index contributed by atoms with van der Waals surface area (Å²) < 4.78 is 0. The van der Waals surface area contributed by atoms with Gasteiger partial charge in [0.25, 0.3) is 0 Å². The van der Waals surface area contributed by atoms with Crippen molar-refractivity contribution in [1.82, 2.24) is 0 Å². The van der Waals surface area contributed by atoms with Crippen molar-refractivity contribution in [3.05, 3.63) is 30.3 Å². The van der Waals surface area contributed by atoms with Crippen molar-refractivity contribution in [3.8, 4) is 12.3 Å². The van der Waals surface area contributed by atoms with Crippen molar-refractivity contribution in [2.75, 3.05) is 11.4 Å². The van der Waals surface area contributed by atoms with Crippen LogP contribution in [0.3, 0.4) is 0 Å². The van der Waals surface area contributed by atoms with E-state index >= 15 is 0 Å². The Hall–Kier alpha value is -1.75. The molecular weight excluding hydrogens is 150 g/mol. The van der Waals surface area contributed by atoms with Crippen molar-refractivity contribution in [1.29, 1.82) is 0 Å². The molecule has 2 heteroatoms. The van der Waals surface area contributed by atoms with Crippen molar-refractivity contribution >= 4 is 12.1 Å². The van der Waals surface area contributed by atoms with Gasteiger partial charge in [0.2, 0.25) is 6.41 Å². The molecule has 0 spiro atoms.